The van der Waals surface area contributed by atoms with Crippen LogP contribution in [-0.4, -0.2) is 47.0 Å². The number of urea groups is 1. The average molecular weight is 461 g/mol. The second-order valence-electron chi connectivity index (χ2n) is 7.73. The van der Waals surface area contributed by atoms with Gasteiger partial charge in [0.2, 0.25) is 0 Å². The number of rotatable bonds is 9. The highest BCUT2D eigenvalue weighted by Crippen LogP contribution is 2.42. The molecule has 0 spiro atoms. The van der Waals surface area contributed by atoms with Crippen LogP contribution in [0.3, 0.4) is 0 Å². The van der Waals surface area contributed by atoms with E-state index in [-0.39, 0.29) is 37.4 Å². The van der Waals surface area contributed by atoms with E-state index in [0.29, 0.717) is 18.0 Å². The highest BCUT2D eigenvalue weighted by atomic mass is 32.2. The Morgan fingerprint density at radius 3 is 2.56 bits per heavy atom. The molecule has 1 heterocycles. The van der Waals surface area contributed by atoms with Gasteiger partial charge in [0.15, 0.2) is 6.29 Å². The third kappa shape index (κ3) is 6.46. The lowest BCUT2D eigenvalue weighted by atomic mass is 9.91. The summed E-state index contributed by atoms with van der Waals surface area (Å²) in [6.07, 6.45) is -0.863. The summed E-state index contributed by atoms with van der Waals surface area (Å²) < 4.78 is 12.8. The van der Waals surface area contributed by atoms with Crippen molar-refractivity contribution < 1.29 is 24.5 Å². The van der Waals surface area contributed by atoms with Gasteiger partial charge < -0.3 is 30.3 Å². The molecule has 1 saturated heterocycles. The highest BCUT2D eigenvalue weighted by molar-refractivity contribution is 7.99. The van der Waals surface area contributed by atoms with Gasteiger partial charge >= 0.3 is 6.03 Å². The summed E-state index contributed by atoms with van der Waals surface area (Å²) in [7, 11) is 0. The van der Waals surface area contributed by atoms with Crippen LogP contribution in [-0.2, 0) is 16.1 Å². The standard InChI is InChI=1S/C24H32N2O5S/c1-3-25-24(29)26-20-6-4-5-19(13-20)23-30-21(15-32-12-11-27)16(2)22(31-23)18-9-7-17(14-28)8-10-18/h4-10,13,16,21-23,27-28H,3,11-12,14-15H2,1-2H3,(H2,25,26,29). The molecule has 1 fully saturated rings. The zero-order chi connectivity index (χ0) is 22.9. The summed E-state index contributed by atoms with van der Waals surface area (Å²) in [5, 5.41) is 24.1. The van der Waals surface area contributed by atoms with E-state index in [9.17, 15) is 9.90 Å². The van der Waals surface area contributed by atoms with Crippen molar-refractivity contribution in [3.05, 3.63) is 65.2 Å². The Balaban J connectivity index is 1.83. The van der Waals surface area contributed by atoms with E-state index in [1.54, 1.807) is 11.8 Å². The Labute approximate surface area is 193 Å². The van der Waals surface area contributed by atoms with E-state index >= 15 is 0 Å². The lowest BCUT2D eigenvalue weighted by Crippen LogP contribution is -2.38. The first kappa shape index (κ1) is 24.5. The van der Waals surface area contributed by atoms with Crippen LogP contribution in [0.1, 0.15) is 42.9 Å². The summed E-state index contributed by atoms with van der Waals surface area (Å²) in [5.41, 5.74) is 3.36. The van der Waals surface area contributed by atoms with E-state index in [2.05, 4.69) is 17.6 Å². The number of aliphatic hydroxyl groups excluding tert-OH is 2. The van der Waals surface area contributed by atoms with Crippen molar-refractivity contribution in [3.8, 4) is 0 Å². The summed E-state index contributed by atoms with van der Waals surface area (Å²) >= 11 is 1.65. The van der Waals surface area contributed by atoms with Gasteiger partial charge in [0.25, 0.3) is 0 Å². The van der Waals surface area contributed by atoms with Gasteiger partial charge in [-0.15, -0.1) is 0 Å². The van der Waals surface area contributed by atoms with Gasteiger partial charge in [-0.2, -0.15) is 11.8 Å². The highest BCUT2D eigenvalue weighted by Gasteiger charge is 2.38. The number of thioether (sulfide) groups is 1. The fourth-order valence-corrected chi connectivity index (χ4v) is 4.58. The minimum absolute atomic E-state index is 0.00107. The number of aliphatic hydroxyl groups is 2. The Bertz CT molecular complexity index is 864. The Morgan fingerprint density at radius 1 is 1.09 bits per heavy atom. The molecule has 4 unspecified atom stereocenters. The molecule has 2 aromatic carbocycles. The van der Waals surface area contributed by atoms with E-state index < -0.39 is 6.29 Å². The van der Waals surface area contributed by atoms with Gasteiger partial charge in [-0.05, 0) is 30.2 Å². The molecular weight excluding hydrogens is 428 g/mol. The normalized spacial score (nSPS) is 23.0. The van der Waals surface area contributed by atoms with Crippen molar-refractivity contribution in [1.29, 1.82) is 0 Å². The van der Waals surface area contributed by atoms with Crippen LogP contribution in [0, 0.1) is 5.92 Å². The first-order valence-electron chi connectivity index (χ1n) is 10.9. The number of amides is 2. The maximum atomic E-state index is 11.9. The monoisotopic (exact) mass is 460 g/mol. The van der Waals surface area contributed by atoms with Crippen LogP contribution in [0.5, 0.6) is 0 Å². The lowest BCUT2D eigenvalue weighted by Gasteiger charge is -2.41. The van der Waals surface area contributed by atoms with Crippen LogP contribution in [0.2, 0.25) is 0 Å². The quantitative estimate of drug-likeness (QED) is 0.425. The minimum Gasteiger partial charge on any atom is -0.396 e. The molecule has 7 nitrogen and oxygen atoms in total. The molecule has 1 aliphatic heterocycles. The van der Waals surface area contributed by atoms with E-state index in [1.165, 1.54) is 0 Å². The summed E-state index contributed by atoms with van der Waals surface area (Å²) in [6, 6.07) is 15.0. The topological polar surface area (TPSA) is 100 Å². The summed E-state index contributed by atoms with van der Waals surface area (Å²) in [4.78, 5) is 11.9. The van der Waals surface area contributed by atoms with Crippen molar-refractivity contribution in [2.45, 2.75) is 39.0 Å². The third-order valence-electron chi connectivity index (χ3n) is 5.40. The minimum atomic E-state index is -0.593. The molecule has 3 rings (SSSR count). The molecule has 32 heavy (non-hydrogen) atoms. The Morgan fingerprint density at radius 2 is 1.88 bits per heavy atom. The molecular formula is C24H32N2O5S. The SMILES string of the molecule is CCNC(=O)Nc1cccc(C2OC(CSCCO)C(C)C(c3ccc(CO)cc3)O2)c1. The molecule has 4 N–H and O–H groups in total. The lowest BCUT2D eigenvalue weighted by molar-refractivity contribution is -0.268. The molecule has 8 heteroatoms. The smallest absolute Gasteiger partial charge is 0.319 e. The number of ether oxygens (including phenoxy) is 2. The third-order valence-corrected chi connectivity index (χ3v) is 6.43. The first-order valence-corrected chi connectivity index (χ1v) is 12.0. The van der Waals surface area contributed by atoms with E-state index in [1.807, 2.05) is 55.5 Å². The van der Waals surface area contributed by atoms with Crippen LogP contribution in [0.25, 0.3) is 0 Å². The zero-order valence-corrected chi connectivity index (χ0v) is 19.3. The number of carbonyl (C=O) groups is 1. The molecule has 2 aromatic rings. The summed E-state index contributed by atoms with van der Waals surface area (Å²) in [5.74, 6) is 1.48. The molecule has 1 aliphatic rings. The number of hydrogen-bond donors (Lipinski definition) is 4. The molecule has 0 aromatic heterocycles. The first-order chi connectivity index (χ1) is 15.5. The molecule has 0 aliphatic carbocycles. The van der Waals surface area contributed by atoms with Crippen LogP contribution in [0.4, 0.5) is 10.5 Å². The van der Waals surface area contributed by atoms with Crippen molar-refractivity contribution in [1.82, 2.24) is 5.32 Å². The maximum Gasteiger partial charge on any atom is 0.319 e. The van der Waals surface area contributed by atoms with Crippen molar-refractivity contribution in [2.75, 3.05) is 30.0 Å². The number of hydrogen-bond acceptors (Lipinski definition) is 6. The fraction of sp³-hybridized carbons (Fsp3) is 0.458. The van der Waals surface area contributed by atoms with Gasteiger partial charge in [0, 0.05) is 35.2 Å². The molecule has 0 saturated carbocycles. The van der Waals surface area contributed by atoms with E-state index in [0.717, 1.165) is 22.4 Å². The molecule has 0 radical (unpaired) electrons. The summed E-state index contributed by atoms with van der Waals surface area (Å²) in [6.45, 7) is 4.65. The molecule has 0 bridgehead atoms. The number of nitrogens with one attached hydrogen (secondary N) is 2. The second kappa shape index (κ2) is 12.2. The predicted octanol–water partition coefficient (Wildman–Crippen LogP) is 3.84. The number of benzene rings is 2. The van der Waals surface area contributed by atoms with Crippen molar-refractivity contribution >= 4 is 23.5 Å². The van der Waals surface area contributed by atoms with Gasteiger partial charge in [0.1, 0.15) is 0 Å². The average Bonchev–Trinajstić information content (AvgIpc) is 2.80. The van der Waals surface area contributed by atoms with Gasteiger partial charge in [-0.25, -0.2) is 4.79 Å². The number of anilines is 1. The van der Waals surface area contributed by atoms with Gasteiger partial charge in [0.05, 0.1) is 25.4 Å². The van der Waals surface area contributed by atoms with Crippen LogP contribution in [0.15, 0.2) is 48.5 Å². The second-order valence-corrected chi connectivity index (χ2v) is 8.88. The fourth-order valence-electron chi connectivity index (χ4n) is 3.67. The van der Waals surface area contributed by atoms with Crippen molar-refractivity contribution in [3.63, 3.8) is 0 Å². The van der Waals surface area contributed by atoms with Crippen molar-refractivity contribution in [2.24, 2.45) is 5.92 Å². The molecule has 174 valence electrons. The molecule has 4 atom stereocenters. The van der Waals surface area contributed by atoms with Crippen LogP contribution < -0.4 is 10.6 Å². The molecule has 2 amide bonds. The largest absolute Gasteiger partial charge is 0.396 e. The Kier molecular flexibility index (Phi) is 9.37. The van der Waals surface area contributed by atoms with Crippen LogP contribution >= 0.6 is 11.8 Å². The Hall–Kier alpha value is -2.10. The van der Waals surface area contributed by atoms with E-state index in [4.69, 9.17) is 14.6 Å². The van der Waals surface area contributed by atoms with Gasteiger partial charge in [-0.3, -0.25) is 0 Å². The number of carbonyl (C=O) groups excluding carboxylic acids is 1. The maximum absolute atomic E-state index is 11.9. The van der Waals surface area contributed by atoms with Gasteiger partial charge in [-0.1, -0.05) is 43.3 Å². The zero-order valence-electron chi connectivity index (χ0n) is 18.5. The predicted molar refractivity (Wildman–Crippen MR) is 127 cm³/mol.